The summed E-state index contributed by atoms with van der Waals surface area (Å²) < 4.78 is 21.1. The van der Waals surface area contributed by atoms with Gasteiger partial charge in [-0.15, -0.1) is 0 Å². The molecule has 5 unspecified atom stereocenters. The summed E-state index contributed by atoms with van der Waals surface area (Å²) in [7, 11) is 1.50. The minimum atomic E-state index is -0.355. The van der Waals surface area contributed by atoms with Crippen molar-refractivity contribution in [2.45, 2.75) is 72.9 Å². The molecule has 2 aromatic carbocycles. The van der Waals surface area contributed by atoms with Gasteiger partial charge in [0.25, 0.3) is 5.56 Å². The van der Waals surface area contributed by atoms with Gasteiger partial charge in [-0.25, -0.2) is 14.4 Å². The molecule has 4 aliphatic rings. The van der Waals surface area contributed by atoms with E-state index >= 15 is 0 Å². The van der Waals surface area contributed by atoms with Crippen molar-refractivity contribution in [3.8, 4) is 5.75 Å². The van der Waals surface area contributed by atoms with Gasteiger partial charge >= 0.3 is 0 Å². The lowest BCUT2D eigenvalue weighted by Gasteiger charge is -2.54. The molecule has 1 N–H and O–H groups in total. The van der Waals surface area contributed by atoms with E-state index in [4.69, 9.17) is 9.73 Å². The highest BCUT2D eigenvalue weighted by atomic mass is 19.1. The molecule has 0 spiro atoms. The molecular formula is C36H49FN6O3. The number of ether oxygens (including phenoxy) is 1. The van der Waals surface area contributed by atoms with Crippen molar-refractivity contribution in [3.05, 3.63) is 64.5 Å². The average Bonchev–Trinajstić information content (AvgIpc) is 3.33. The maximum Gasteiger partial charge on any atom is 0.261 e. The maximum atomic E-state index is 14.4. The predicted octanol–water partition coefficient (Wildman–Crippen LogP) is 5.82. The first-order valence-corrected chi connectivity index (χ1v) is 16.9. The zero-order valence-corrected chi connectivity index (χ0v) is 28.1. The molecule has 248 valence electrons. The van der Waals surface area contributed by atoms with E-state index < -0.39 is 0 Å². The number of fused-ring (bicyclic) bond motifs is 3. The number of guanidine groups is 1. The number of hydrogen-bond donors (Lipinski definition) is 1. The Kier molecular flexibility index (Phi) is 10.6. The Morgan fingerprint density at radius 1 is 1.04 bits per heavy atom. The predicted molar refractivity (Wildman–Crippen MR) is 182 cm³/mol. The summed E-state index contributed by atoms with van der Waals surface area (Å²) in [4.78, 5) is 39.5. The summed E-state index contributed by atoms with van der Waals surface area (Å²) in [6, 6.07) is 10.6. The van der Waals surface area contributed by atoms with Crippen LogP contribution in [0, 0.1) is 29.5 Å². The number of halogens is 1. The number of hydrogen-bond acceptors (Lipinski definition) is 5. The van der Waals surface area contributed by atoms with Crippen LogP contribution in [0.1, 0.15) is 59.4 Å². The number of aryl methyl sites for hydroxylation is 2. The molecule has 46 heavy (non-hydrogen) atoms. The van der Waals surface area contributed by atoms with Crippen LogP contribution in [0.2, 0.25) is 0 Å². The number of carbonyl (C=O) groups excluding carboxylic acids is 1. The fourth-order valence-electron chi connectivity index (χ4n) is 7.33. The zero-order valence-electron chi connectivity index (χ0n) is 28.1. The second kappa shape index (κ2) is 14.6. The number of aromatic nitrogens is 2. The van der Waals surface area contributed by atoms with Crippen LogP contribution in [0.3, 0.4) is 0 Å². The number of anilines is 1. The van der Waals surface area contributed by atoms with Crippen molar-refractivity contribution in [1.29, 1.82) is 0 Å². The number of nitrogens with one attached hydrogen (secondary N) is 1. The summed E-state index contributed by atoms with van der Waals surface area (Å²) in [6.07, 6.45) is 5.20. The van der Waals surface area contributed by atoms with E-state index in [9.17, 15) is 14.0 Å². The summed E-state index contributed by atoms with van der Waals surface area (Å²) in [5, 5.41) is 4.10. The van der Waals surface area contributed by atoms with E-state index in [2.05, 4.69) is 29.0 Å². The molecule has 2 heterocycles. The summed E-state index contributed by atoms with van der Waals surface area (Å²) in [5.74, 6) is 3.82. The van der Waals surface area contributed by atoms with E-state index in [0.717, 1.165) is 55.3 Å². The van der Waals surface area contributed by atoms with Crippen molar-refractivity contribution in [1.82, 2.24) is 19.4 Å². The Hall–Kier alpha value is -3.95. The first-order chi connectivity index (χ1) is 22.2. The lowest BCUT2D eigenvalue weighted by atomic mass is 9.52. The topological polar surface area (TPSA) is 92.1 Å². The van der Waals surface area contributed by atoms with E-state index in [1.807, 2.05) is 30.9 Å². The van der Waals surface area contributed by atoms with Crippen molar-refractivity contribution in [2.24, 2.45) is 28.7 Å². The summed E-state index contributed by atoms with van der Waals surface area (Å²) in [6.45, 7) is 13.6. The number of rotatable bonds is 6. The largest absolute Gasteiger partial charge is 0.497 e. The van der Waals surface area contributed by atoms with Gasteiger partial charge in [-0.2, -0.15) is 0 Å². The number of aliphatic imine (C=N–C) groups is 1. The van der Waals surface area contributed by atoms with Gasteiger partial charge in [0, 0.05) is 51.4 Å². The smallest absolute Gasteiger partial charge is 0.261 e. The van der Waals surface area contributed by atoms with Crippen LogP contribution in [-0.2, 0) is 17.8 Å². The van der Waals surface area contributed by atoms with Crippen LogP contribution in [0.4, 0.5) is 10.1 Å². The van der Waals surface area contributed by atoms with Crippen LogP contribution in [0.25, 0.3) is 10.9 Å². The minimum absolute atomic E-state index is 0.105. The van der Waals surface area contributed by atoms with Crippen LogP contribution < -0.4 is 15.6 Å². The molecule has 10 heteroatoms. The molecule has 5 atom stereocenters. The van der Waals surface area contributed by atoms with Gasteiger partial charge in [-0.1, -0.05) is 33.8 Å². The van der Waals surface area contributed by atoms with Gasteiger partial charge < -0.3 is 19.9 Å². The first kappa shape index (κ1) is 33.4. The highest BCUT2D eigenvalue weighted by Gasteiger charge is 2.49. The SMILES string of the molecule is CC.COc1ccc(CCn2cnc3cc(NC(=NC4CC5CC(C5C)C4C)N4CCCN(C(C)=O)CC4)ccc3c2=O)c(F)c1. The van der Waals surface area contributed by atoms with E-state index in [0.29, 0.717) is 54.2 Å². The second-order valence-corrected chi connectivity index (χ2v) is 12.8. The molecule has 0 radical (unpaired) electrons. The lowest BCUT2D eigenvalue weighted by molar-refractivity contribution is -0.128. The van der Waals surface area contributed by atoms with Gasteiger partial charge in [0.05, 0.1) is 30.4 Å². The molecule has 1 amide bonds. The van der Waals surface area contributed by atoms with Crippen molar-refractivity contribution >= 4 is 28.5 Å². The third-order valence-electron chi connectivity index (χ3n) is 10.3. The molecular weight excluding hydrogens is 583 g/mol. The maximum absolute atomic E-state index is 14.4. The molecule has 2 bridgehead atoms. The Morgan fingerprint density at radius 2 is 1.80 bits per heavy atom. The molecule has 1 saturated heterocycles. The van der Waals surface area contributed by atoms with Gasteiger partial charge in [-0.05, 0) is 79.2 Å². The first-order valence-electron chi connectivity index (χ1n) is 16.9. The minimum Gasteiger partial charge on any atom is -0.497 e. The van der Waals surface area contributed by atoms with Gasteiger partial charge in [0.1, 0.15) is 11.6 Å². The fraction of sp³-hybridized carbons (Fsp3) is 0.556. The third kappa shape index (κ3) is 7.05. The molecule has 4 fully saturated rings. The molecule has 1 aliphatic heterocycles. The summed E-state index contributed by atoms with van der Waals surface area (Å²) >= 11 is 0. The molecule has 3 saturated carbocycles. The van der Waals surface area contributed by atoms with Crippen LogP contribution in [0.5, 0.6) is 5.75 Å². The molecule has 7 rings (SSSR count). The van der Waals surface area contributed by atoms with Gasteiger partial charge in [-0.3, -0.25) is 14.2 Å². The monoisotopic (exact) mass is 632 g/mol. The molecule has 9 nitrogen and oxygen atoms in total. The quantitative estimate of drug-likeness (QED) is 0.272. The Balaban J connectivity index is 0.00000204. The number of amides is 1. The number of nitrogens with zero attached hydrogens (tertiary/aromatic N) is 5. The highest BCUT2D eigenvalue weighted by Crippen LogP contribution is 2.54. The van der Waals surface area contributed by atoms with Crippen molar-refractivity contribution in [2.75, 3.05) is 38.6 Å². The number of methoxy groups -OCH3 is 1. The third-order valence-corrected chi connectivity index (χ3v) is 10.3. The average molecular weight is 633 g/mol. The zero-order chi connectivity index (χ0) is 33.0. The van der Waals surface area contributed by atoms with Crippen molar-refractivity contribution < 1.29 is 13.9 Å². The van der Waals surface area contributed by atoms with Crippen LogP contribution in [0.15, 0.2) is 52.5 Å². The van der Waals surface area contributed by atoms with E-state index in [-0.39, 0.29) is 23.3 Å². The van der Waals surface area contributed by atoms with E-state index in [1.54, 1.807) is 25.1 Å². The molecule has 3 aliphatic carbocycles. The number of benzene rings is 2. The van der Waals surface area contributed by atoms with Crippen molar-refractivity contribution in [3.63, 3.8) is 0 Å². The lowest BCUT2D eigenvalue weighted by Crippen LogP contribution is -2.50. The molecule has 3 aromatic rings. The van der Waals surface area contributed by atoms with Gasteiger partial charge in [0.2, 0.25) is 5.91 Å². The van der Waals surface area contributed by atoms with Crippen LogP contribution in [-0.4, -0.2) is 70.5 Å². The second-order valence-electron chi connectivity index (χ2n) is 12.8. The normalized spacial score (nSPS) is 24.4. The summed E-state index contributed by atoms with van der Waals surface area (Å²) in [5.41, 5.74) is 1.76. The van der Waals surface area contributed by atoms with Gasteiger partial charge in [0.15, 0.2) is 5.96 Å². The molecule has 1 aromatic heterocycles. The fourth-order valence-corrected chi connectivity index (χ4v) is 7.33. The Morgan fingerprint density at radius 3 is 2.50 bits per heavy atom. The Labute approximate surface area is 271 Å². The standard InChI is InChI=1S/C34H43FN6O3.C2H6/c1-21-25-16-29(21)22(2)31(17-25)38-34(40-12-5-11-39(14-15-40)23(3)42)37-26-7-9-28-32(18-26)36-20-41(33(28)43)13-10-24-6-8-27(44-4)19-30(24)35;1-2/h6-9,18-22,25,29,31H,5,10-17H2,1-4H3,(H,37,38);1-2H3. The van der Waals surface area contributed by atoms with E-state index in [1.165, 1.54) is 30.5 Å². The van der Waals surface area contributed by atoms with Crippen LogP contribution >= 0.6 is 0 Å². The highest BCUT2D eigenvalue weighted by molar-refractivity contribution is 5.96. The Bertz CT molecular complexity index is 1620. The number of carbonyl (C=O) groups is 1.